The molecule has 0 amide bonds. The average molecular weight is 208 g/mol. The molecule has 1 aromatic rings. The van der Waals surface area contributed by atoms with Gasteiger partial charge in [-0.3, -0.25) is 0 Å². The average Bonchev–Trinajstić information content (AvgIpc) is 2.43. The molecule has 0 saturated carbocycles. The first-order chi connectivity index (χ1) is 6.68. The minimum Gasteiger partial charge on any atom is -0.390 e. The molecule has 2 unspecified atom stereocenters. The van der Waals surface area contributed by atoms with Gasteiger partial charge in [-0.1, -0.05) is 24.3 Å². The molecule has 0 fully saturated rings. The monoisotopic (exact) mass is 208 g/mol. The number of thiocarbonyl (C=S) groups is 1. The first-order valence-electron chi connectivity index (χ1n) is 4.50. The summed E-state index contributed by atoms with van der Waals surface area (Å²) in [5.74, 6) is 0. The predicted molar refractivity (Wildman–Crippen MR) is 58.8 cm³/mol. The van der Waals surface area contributed by atoms with Crippen molar-refractivity contribution in [1.29, 1.82) is 0 Å². The van der Waals surface area contributed by atoms with Crippen LogP contribution < -0.4 is 11.1 Å². The number of fused-ring (bicyclic) bond motifs is 1. The molecule has 2 atom stereocenters. The zero-order valence-electron chi connectivity index (χ0n) is 7.60. The van der Waals surface area contributed by atoms with E-state index in [9.17, 15) is 5.11 Å². The van der Waals surface area contributed by atoms with Crippen molar-refractivity contribution in [3.8, 4) is 0 Å². The topological polar surface area (TPSA) is 58.3 Å². The summed E-state index contributed by atoms with van der Waals surface area (Å²) in [5, 5.41) is 12.9. The first-order valence-corrected chi connectivity index (χ1v) is 4.91. The third kappa shape index (κ3) is 1.58. The van der Waals surface area contributed by atoms with Crippen molar-refractivity contribution in [2.45, 2.75) is 18.6 Å². The maximum atomic E-state index is 9.78. The standard InChI is InChI=1S/C10H12N2OS/c11-10(14)12-9-7-4-2-1-3-6(7)5-8(9)13/h1-4,8-9,13H,5H2,(H3,11,12,14). The van der Waals surface area contributed by atoms with Crippen molar-refractivity contribution in [3.63, 3.8) is 0 Å². The van der Waals surface area contributed by atoms with Crippen LogP contribution in [0.5, 0.6) is 0 Å². The van der Waals surface area contributed by atoms with Gasteiger partial charge in [-0.15, -0.1) is 0 Å². The van der Waals surface area contributed by atoms with Crippen molar-refractivity contribution >= 4 is 17.3 Å². The van der Waals surface area contributed by atoms with E-state index in [1.807, 2.05) is 24.3 Å². The molecule has 74 valence electrons. The van der Waals surface area contributed by atoms with Gasteiger partial charge >= 0.3 is 0 Å². The van der Waals surface area contributed by atoms with Gasteiger partial charge in [0.2, 0.25) is 0 Å². The highest BCUT2D eigenvalue weighted by molar-refractivity contribution is 7.80. The lowest BCUT2D eigenvalue weighted by atomic mass is 10.1. The van der Waals surface area contributed by atoms with Crippen LogP contribution in [0.15, 0.2) is 24.3 Å². The molecule has 4 heteroatoms. The Morgan fingerprint density at radius 3 is 2.93 bits per heavy atom. The molecule has 1 aliphatic carbocycles. The highest BCUT2D eigenvalue weighted by Gasteiger charge is 2.30. The lowest BCUT2D eigenvalue weighted by molar-refractivity contribution is 0.150. The van der Waals surface area contributed by atoms with Crippen molar-refractivity contribution < 1.29 is 5.11 Å². The minimum absolute atomic E-state index is 0.149. The summed E-state index contributed by atoms with van der Waals surface area (Å²) in [7, 11) is 0. The van der Waals surface area contributed by atoms with E-state index < -0.39 is 6.10 Å². The fraction of sp³-hybridized carbons (Fsp3) is 0.300. The van der Waals surface area contributed by atoms with Gasteiger partial charge in [-0.05, 0) is 23.3 Å². The Labute approximate surface area is 87.9 Å². The number of aliphatic hydroxyl groups excluding tert-OH is 1. The van der Waals surface area contributed by atoms with E-state index in [2.05, 4.69) is 5.32 Å². The molecule has 0 bridgehead atoms. The second kappa shape index (κ2) is 3.55. The van der Waals surface area contributed by atoms with Gasteiger partial charge in [0, 0.05) is 6.42 Å². The summed E-state index contributed by atoms with van der Waals surface area (Å²) in [6.45, 7) is 0. The molecule has 2 rings (SSSR count). The van der Waals surface area contributed by atoms with E-state index in [-0.39, 0.29) is 11.2 Å². The van der Waals surface area contributed by atoms with Gasteiger partial charge in [0.25, 0.3) is 0 Å². The van der Waals surface area contributed by atoms with Crippen LogP contribution in [-0.4, -0.2) is 16.3 Å². The van der Waals surface area contributed by atoms with E-state index in [0.29, 0.717) is 6.42 Å². The van der Waals surface area contributed by atoms with Gasteiger partial charge in [0.1, 0.15) is 0 Å². The zero-order valence-corrected chi connectivity index (χ0v) is 8.42. The molecule has 1 aliphatic rings. The van der Waals surface area contributed by atoms with Gasteiger partial charge < -0.3 is 16.2 Å². The summed E-state index contributed by atoms with van der Waals surface area (Å²) in [5.41, 5.74) is 7.65. The Bertz CT molecular complexity index is 367. The van der Waals surface area contributed by atoms with Gasteiger partial charge in [-0.2, -0.15) is 0 Å². The van der Waals surface area contributed by atoms with Crippen molar-refractivity contribution in [2.24, 2.45) is 5.73 Å². The van der Waals surface area contributed by atoms with Crippen LogP contribution in [0.4, 0.5) is 0 Å². The highest BCUT2D eigenvalue weighted by Crippen LogP contribution is 2.30. The third-order valence-electron chi connectivity index (χ3n) is 2.50. The molecule has 1 aromatic carbocycles. The van der Waals surface area contributed by atoms with Crippen LogP contribution in [0.2, 0.25) is 0 Å². The van der Waals surface area contributed by atoms with Crippen LogP contribution in [0.3, 0.4) is 0 Å². The van der Waals surface area contributed by atoms with Crippen LogP contribution >= 0.6 is 12.2 Å². The Hall–Kier alpha value is -1.13. The summed E-state index contributed by atoms with van der Waals surface area (Å²) in [6.07, 6.45) is 0.227. The zero-order chi connectivity index (χ0) is 10.1. The van der Waals surface area contributed by atoms with Crippen molar-refractivity contribution in [1.82, 2.24) is 5.32 Å². The van der Waals surface area contributed by atoms with Gasteiger partial charge in [-0.25, -0.2) is 0 Å². The molecule has 0 aliphatic heterocycles. The van der Waals surface area contributed by atoms with E-state index >= 15 is 0 Å². The fourth-order valence-electron chi connectivity index (χ4n) is 1.90. The number of hydrogen-bond donors (Lipinski definition) is 3. The quantitative estimate of drug-likeness (QED) is 0.587. The molecule has 0 saturated heterocycles. The Balaban J connectivity index is 2.30. The number of aliphatic hydroxyl groups is 1. The SMILES string of the molecule is NC(=S)NC1c2ccccc2CC1O. The normalized spacial score (nSPS) is 24.4. The lowest BCUT2D eigenvalue weighted by Gasteiger charge is -2.17. The molecular weight excluding hydrogens is 196 g/mol. The van der Waals surface area contributed by atoms with Crippen LogP contribution in [0, 0.1) is 0 Å². The van der Waals surface area contributed by atoms with Gasteiger partial charge in [0.05, 0.1) is 12.1 Å². The van der Waals surface area contributed by atoms with Crippen molar-refractivity contribution in [3.05, 3.63) is 35.4 Å². The lowest BCUT2D eigenvalue weighted by Crippen LogP contribution is -2.37. The molecule has 14 heavy (non-hydrogen) atoms. The maximum absolute atomic E-state index is 9.78. The predicted octanol–water partition coefficient (Wildman–Crippen LogP) is 0.478. The van der Waals surface area contributed by atoms with Crippen LogP contribution in [-0.2, 0) is 6.42 Å². The summed E-state index contributed by atoms with van der Waals surface area (Å²) in [6, 6.07) is 7.77. The number of nitrogens with one attached hydrogen (secondary N) is 1. The number of rotatable bonds is 1. The van der Waals surface area contributed by atoms with Gasteiger partial charge in [0.15, 0.2) is 5.11 Å². The Kier molecular flexibility index (Phi) is 2.39. The van der Waals surface area contributed by atoms with Crippen molar-refractivity contribution in [2.75, 3.05) is 0 Å². The van der Waals surface area contributed by atoms with E-state index in [4.69, 9.17) is 18.0 Å². The number of hydrogen-bond acceptors (Lipinski definition) is 2. The molecule has 0 radical (unpaired) electrons. The molecule has 0 spiro atoms. The second-order valence-electron chi connectivity index (χ2n) is 3.46. The first kappa shape index (κ1) is 9.43. The number of benzene rings is 1. The largest absolute Gasteiger partial charge is 0.390 e. The smallest absolute Gasteiger partial charge is 0.164 e. The molecular formula is C10H12N2OS. The van der Waals surface area contributed by atoms with Crippen LogP contribution in [0.1, 0.15) is 17.2 Å². The minimum atomic E-state index is -0.436. The Morgan fingerprint density at radius 2 is 2.21 bits per heavy atom. The molecule has 0 aromatic heterocycles. The summed E-state index contributed by atoms with van der Waals surface area (Å²) in [4.78, 5) is 0. The molecule has 4 N–H and O–H groups in total. The summed E-state index contributed by atoms with van der Waals surface area (Å²) < 4.78 is 0. The molecule has 0 heterocycles. The second-order valence-corrected chi connectivity index (χ2v) is 3.90. The maximum Gasteiger partial charge on any atom is 0.164 e. The number of nitrogens with two attached hydrogens (primary N) is 1. The van der Waals surface area contributed by atoms with E-state index in [1.165, 1.54) is 0 Å². The summed E-state index contributed by atoms with van der Waals surface area (Å²) >= 11 is 4.77. The molecule has 3 nitrogen and oxygen atoms in total. The highest BCUT2D eigenvalue weighted by atomic mass is 32.1. The van der Waals surface area contributed by atoms with Crippen LogP contribution in [0.25, 0.3) is 0 Å². The fourth-order valence-corrected chi connectivity index (χ4v) is 2.03. The van der Waals surface area contributed by atoms with E-state index in [0.717, 1.165) is 11.1 Å². The third-order valence-corrected chi connectivity index (χ3v) is 2.62. The Morgan fingerprint density at radius 1 is 1.50 bits per heavy atom. The van der Waals surface area contributed by atoms with E-state index in [1.54, 1.807) is 0 Å².